The first kappa shape index (κ1) is 15.9. The van der Waals surface area contributed by atoms with E-state index in [-0.39, 0.29) is 10.2 Å². The Morgan fingerprint density at radius 3 is 2.00 bits per heavy atom. The third-order valence-electron chi connectivity index (χ3n) is 2.16. The number of nitrogen functional groups attached to an aromatic ring is 1. The van der Waals surface area contributed by atoms with Gasteiger partial charge in [0.15, 0.2) is 0 Å². The van der Waals surface area contributed by atoms with E-state index < -0.39 is 24.2 Å². The van der Waals surface area contributed by atoms with Crippen LogP contribution in [0.1, 0.15) is 5.56 Å². The van der Waals surface area contributed by atoms with Gasteiger partial charge in [-0.05, 0) is 40.5 Å². The third kappa shape index (κ3) is 3.92. The maximum Gasteiger partial charge on any atom is 0.434 e. The van der Waals surface area contributed by atoms with Crippen molar-refractivity contribution in [2.24, 2.45) is 0 Å². The molecule has 0 spiro atoms. The number of nitrogens with two attached hydrogens (primary N) is 1. The average molecular weight is 352 g/mol. The van der Waals surface area contributed by atoms with Crippen molar-refractivity contribution >= 4 is 21.6 Å². The number of benzene rings is 1. The molecule has 2 N–H and O–H groups in total. The summed E-state index contributed by atoms with van der Waals surface area (Å²) in [6, 6.07) is 2.18. The number of alkyl halides is 6. The molecule has 1 aromatic rings. The Kier molecular flexibility index (Phi) is 4.28. The van der Waals surface area contributed by atoms with Crippen molar-refractivity contribution in [2.45, 2.75) is 25.4 Å². The van der Waals surface area contributed by atoms with Crippen molar-refractivity contribution in [1.29, 1.82) is 0 Å². The van der Waals surface area contributed by atoms with Gasteiger partial charge in [-0.15, -0.1) is 0 Å². The van der Waals surface area contributed by atoms with Gasteiger partial charge in [-0.1, -0.05) is 0 Å². The van der Waals surface area contributed by atoms with E-state index in [1.54, 1.807) is 0 Å². The largest absolute Gasteiger partial charge is 0.470 e. The predicted octanol–water partition coefficient (Wildman–Crippen LogP) is 4.21. The fourth-order valence-corrected chi connectivity index (χ4v) is 1.66. The summed E-state index contributed by atoms with van der Waals surface area (Å²) in [5, 5.41) is 0. The summed E-state index contributed by atoms with van der Waals surface area (Å²) in [4.78, 5) is 0. The Bertz CT molecular complexity index is 456. The third-order valence-corrected chi connectivity index (χ3v) is 2.78. The van der Waals surface area contributed by atoms with E-state index in [1.165, 1.54) is 13.0 Å². The molecule has 0 bridgehead atoms. The molecule has 1 rings (SSSR count). The molecule has 0 amide bonds. The van der Waals surface area contributed by atoms with Crippen LogP contribution in [0.5, 0.6) is 5.75 Å². The fourth-order valence-electron chi connectivity index (χ4n) is 1.21. The van der Waals surface area contributed by atoms with Gasteiger partial charge < -0.3 is 10.5 Å². The summed E-state index contributed by atoms with van der Waals surface area (Å²) < 4.78 is 77.9. The average Bonchev–Trinajstić information content (AvgIpc) is 2.17. The highest BCUT2D eigenvalue weighted by molar-refractivity contribution is 9.10. The van der Waals surface area contributed by atoms with Crippen LogP contribution in [-0.2, 0) is 0 Å². The maximum atomic E-state index is 12.3. The topological polar surface area (TPSA) is 35.2 Å². The van der Waals surface area contributed by atoms with Crippen molar-refractivity contribution in [1.82, 2.24) is 0 Å². The van der Waals surface area contributed by atoms with Crippen LogP contribution < -0.4 is 10.5 Å². The molecule has 0 aliphatic rings. The van der Waals surface area contributed by atoms with E-state index >= 15 is 0 Å². The zero-order chi connectivity index (χ0) is 15.0. The number of aryl methyl sites for hydroxylation is 1. The lowest BCUT2D eigenvalue weighted by molar-refractivity contribution is -0.300. The molecule has 0 unspecified atom stereocenters. The molecule has 2 nitrogen and oxygen atoms in total. The Morgan fingerprint density at radius 2 is 1.58 bits per heavy atom. The number of rotatable bonds is 2. The summed E-state index contributed by atoms with van der Waals surface area (Å²) in [6.07, 6.45) is -15.0. The molecule has 19 heavy (non-hydrogen) atoms. The molecule has 0 aromatic heterocycles. The second kappa shape index (κ2) is 5.10. The van der Waals surface area contributed by atoms with Crippen LogP contribution in [0.4, 0.5) is 32.0 Å². The van der Waals surface area contributed by atoms with Crippen LogP contribution in [0.2, 0.25) is 0 Å². The molecule has 0 fully saturated rings. The highest BCUT2D eigenvalue weighted by Gasteiger charge is 2.59. The van der Waals surface area contributed by atoms with Crippen LogP contribution in [0, 0.1) is 6.92 Å². The Hall–Kier alpha value is -1.12. The summed E-state index contributed by atoms with van der Waals surface area (Å²) >= 11 is 2.80. The zero-order valence-electron chi connectivity index (χ0n) is 9.36. The van der Waals surface area contributed by atoms with Gasteiger partial charge in [0.1, 0.15) is 5.75 Å². The van der Waals surface area contributed by atoms with E-state index in [1.807, 2.05) is 0 Å². The molecular weight excluding hydrogens is 344 g/mol. The molecule has 0 radical (unpaired) electrons. The van der Waals surface area contributed by atoms with Crippen LogP contribution in [0.25, 0.3) is 0 Å². The molecule has 0 heterocycles. The molecule has 0 saturated carbocycles. The second-order valence-corrected chi connectivity index (χ2v) is 4.57. The molecule has 0 saturated heterocycles. The first-order valence-electron chi connectivity index (χ1n) is 4.78. The Labute approximate surface area is 112 Å². The first-order valence-corrected chi connectivity index (χ1v) is 5.58. The lowest BCUT2D eigenvalue weighted by Gasteiger charge is -2.24. The van der Waals surface area contributed by atoms with Gasteiger partial charge in [-0.2, -0.15) is 26.3 Å². The highest BCUT2D eigenvalue weighted by Crippen LogP contribution is 2.39. The van der Waals surface area contributed by atoms with E-state index in [9.17, 15) is 26.3 Å². The molecule has 0 aliphatic heterocycles. The van der Waals surface area contributed by atoms with E-state index in [4.69, 9.17) is 5.73 Å². The lowest BCUT2D eigenvalue weighted by Crippen LogP contribution is -2.46. The Morgan fingerprint density at radius 1 is 1.11 bits per heavy atom. The molecule has 108 valence electrons. The summed E-state index contributed by atoms with van der Waals surface area (Å²) in [5.74, 6) is -0.577. The van der Waals surface area contributed by atoms with Gasteiger partial charge >= 0.3 is 12.4 Å². The van der Waals surface area contributed by atoms with Crippen LogP contribution in [0.15, 0.2) is 16.6 Å². The number of ether oxygens (including phenoxy) is 1. The molecule has 0 aliphatic carbocycles. The van der Waals surface area contributed by atoms with Crippen molar-refractivity contribution in [3.63, 3.8) is 0 Å². The number of hydrogen-bond acceptors (Lipinski definition) is 2. The quantitative estimate of drug-likeness (QED) is 0.639. The van der Waals surface area contributed by atoms with Crippen LogP contribution >= 0.6 is 15.9 Å². The van der Waals surface area contributed by atoms with Gasteiger partial charge in [0.2, 0.25) is 0 Å². The maximum absolute atomic E-state index is 12.3. The molecule has 0 atom stereocenters. The number of hydrogen-bond donors (Lipinski definition) is 1. The van der Waals surface area contributed by atoms with E-state index in [2.05, 4.69) is 20.7 Å². The minimum absolute atomic E-state index is 0.0888. The highest BCUT2D eigenvalue weighted by atomic mass is 79.9. The SMILES string of the molecule is Cc1cc(OC(C(F)(F)F)C(F)(F)F)c(Br)cc1N. The monoisotopic (exact) mass is 351 g/mol. The minimum atomic E-state index is -5.56. The van der Waals surface area contributed by atoms with Crippen LogP contribution in [-0.4, -0.2) is 18.5 Å². The van der Waals surface area contributed by atoms with Gasteiger partial charge in [0, 0.05) is 5.69 Å². The first-order chi connectivity index (χ1) is 8.43. The van der Waals surface area contributed by atoms with E-state index in [0.717, 1.165) is 6.07 Å². The van der Waals surface area contributed by atoms with Gasteiger partial charge in [-0.3, -0.25) is 0 Å². The molecule has 1 aromatic carbocycles. The van der Waals surface area contributed by atoms with Crippen molar-refractivity contribution < 1.29 is 31.1 Å². The standard InChI is InChI=1S/C10H8BrF6NO/c1-4-2-7(5(11)3-6(4)18)19-8(9(12,13)14)10(15,16)17/h2-3,8H,18H2,1H3. The van der Waals surface area contributed by atoms with Crippen molar-refractivity contribution in [3.05, 3.63) is 22.2 Å². The molecule has 9 heteroatoms. The minimum Gasteiger partial charge on any atom is -0.470 e. The lowest BCUT2D eigenvalue weighted by atomic mass is 10.2. The number of anilines is 1. The predicted molar refractivity (Wildman–Crippen MR) is 59.8 cm³/mol. The van der Waals surface area contributed by atoms with Crippen molar-refractivity contribution in [3.8, 4) is 5.75 Å². The summed E-state index contributed by atoms with van der Waals surface area (Å²) in [6.45, 7) is 1.44. The number of halogens is 7. The van der Waals surface area contributed by atoms with Crippen molar-refractivity contribution in [2.75, 3.05) is 5.73 Å². The Balaban J connectivity index is 3.15. The summed E-state index contributed by atoms with van der Waals surface area (Å²) in [5.41, 5.74) is 5.99. The van der Waals surface area contributed by atoms with Gasteiger partial charge in [-0.25, -0.2) is 0 Å². The van der Waals surface area contributed by atoms with E-state index in [0.29, 0.717) is 5.56 Å². The normalized spacial score (nSPS) is 12.9. The second-order valence-electron chi connectivity index (χ2n) is 3.72. The smallest absolute Gasteiger partial charge is 0.434 e. The molecular formula is C10H8BrF6NO. The fraction of sp³-hybridized carbons (Fsp3) is 0.400. The van der Waals surface area contributed by atoms with Gasteiger partial charge in [0.25, 0.3) is 6.10 Å². The van der Waals surface area contributed by atoms with Crippen LogP contribution in [0.3, 0.4) is 0 Å². The van der Waals surface area contributed by atoms with Gasteiger partial charge in [0.05, 0.1) is 4.47 Å². The summed E-state index contributed by atoms with van der Waals surface area (Å²) in [7, 11) is 0. The zero-order valence-corrected chi connectivity index (χ0v) is 10.9.